The largest absolute Gasteiger partial charge is 0.351 e. The molecule has 1 aromatic rings. The van der Waals surface area contributed by atoms with E-state index in [9.17, 15) is 0 Å². The lowest BCUT2D eigenvalue weighted by molar-refractivity contribution is -0.288. The summed E-state index contributed by atoms with van der Waals surface area (Å²) < 4.78 is 0. The molecule has 1 N–H and O–H groups in total. The molecule has 0 spiro atoms. The number of aromatic nitrogens is 3. The normalized spacial score (nSPS) is 21.2. The summed E-state index contributed by atoms with van der Waals surface area (Å²) in [5.74, 6) is 0.893. The second-order valence-corrected chi connectivity index (χ2v) is 9.33. The van der Waals surface area contributed by atoms with Crippen LogP contribution in [0.1, 0.15) is 73.6 Å². The molecule has 2 heterocycles. The summed E-state index contributed by atoms with van der Waals surface area (Å²) >= 11 is 11.9. The number of halogens is 2. The first-order valence-corrected chi connectivity index (χ1v) is 10.6. The molecule has 27 heavy (non-hydrogen) atoms. The molecule has 0 bridgehead atoms. The lowest BCUT2D eigenvalue weighted by Crippen LogP contribution is -2.62. The lowest BCUT2D eigenvalue weighted by atomic mass is 9.71. The Hall–Kier alpha value is -0.690. The highest BCUT2D eigenvalue weighted by Crippen LogP contribution is 2.43. The van der Waals surface area contributed by atoms with Crippen LogP contribution in [0.25, 0.3) is 0 Å². The molecule has 1 atom stereocenters. The van der Waals surface area contributed by atoms with Gasteiger partial charge in [-0.25, -0.2) is 0 Å². The van der Waals surface area contributed by atoms with Crippen LogP contribution in [0, 0.1) is 5.92 Å². The topological polar surface area (TPSA) is 63.2 Å². The van der Waals surface area contributed by atoms with Crippen LogP contribution in [0.3, 0.4) is 0 Å². The van der Waals surface area contributed by atoms with Crippen molar-refractivity contribution in [3.63, 3.8) is 0 Å². The van der Waals surface area contributed by atoms with Crippen molar-refractivity contribution in [2.24, 2.45) is 5.92 Å². The van der Waals surface area contributed by atoms with E-state index < -0.39 is 0 Å². The van der Waals surface area contributed by atoms with Crippen molar-refractivity contribution in [2.45, 2.75) is 90.8 Å². The summed E-state index contributed by atoms with van der Waals surface area (Å²) in [6.07, 6.45) is 5.13. The van der Waals surface area contributed by atoms with Crippen molar-refractivity contribution in [1.29, 1.82) is 0 Å². The maximum atomic E-state index is 6.15. The van der Waals surface area contributed by atoms with E-state index in [0.717, 1.165) is 38.7 Å². The molecule has 2 rings (SSSR count). The fraction of sp³-hybridized carbons (Fsp3) is 0.842. The Bertz CT molecular complexity index is 588. The third-order valence-corrected chi connectivity index (χ3v) is 5.45. The van der Waals surface area contributed by atoms with Crippen molar-refractivity contribution in [2.75, 3.05) is 11.9 Å². The van der Waals surface area contributed by atoms with Gasteiger partial charge in [0.15, 0.2) is 0 Å². The predicted molar refractivity (Wildman–Crippen MR) is 111 cm³/mol. The Morgan fingerprint density at radius 1 is 1.04 bits per heavy atom. The highest BCUT2D eigenvalue weighted by atomic mass is 35.5. The van der Waals surface area contributed by atoms with Gasteiger partial charge in [0.25, 0.3) is 0 Å². The molecule has 6 nitrogen and oxygen atoms in total. The second kappa shape index (κ2) is 9.21. The summed E-state index contributed by atoms with van der Waals surface area (Å²) in [6, 6.07) is 0.233. The smallest absolute Gasteiger partial charge is 0.228 e. The van der Waals surface area contributed by atoms with E-state index in [0.29, 0.717) is 11.9 Å². The monoisotopic (exact) mass is 417 g/mol. The molecule has 154 valence electrons. The molecule has 1 aliphatic rings. The minimum atomic E-state index is -0.0658. The number of hydrogen-bond donors (Lipinski definition) is 1. The third-order valence-electron chi connectivity index (χ3n) is 5.11. The second-order valence-electron chi connectivity index (χ2n) is 8.66. The van der Waals surface area contributed by atoms with Crippen molar-refractivity contribution in [1.82, 2.24) is 20.0 Å². The van der Waals surface area contributed by atoms with Gasteiger partial charge in [-0.2, -0.15) is 20.0 Å². The van der Waals surface area contributed by atoms with Gasteiger partial charge in [-0.3, -0.25) is 4.84 Å². The molecule has 1 aromatic heterocycles. The SMILES string of the molecule is CCCON1C(C)(C)CC(C(CCC)Nc2nc(Cl)nc(Cl)n2)CC1(C)C. The number of anilines is 1. The molecule has 0 aromatic carbocycles. The molecule has 1 unspecified atom stereocenters. The van der Waals surface area contributed by atoms with Gasteiger partial charge in [0.1, 0.15) is 0 Å². The van der Waals surface area contributed by atoms with Crippen LogP contribution in [0.2, 0.25) is 10.6 Å². The number of nitrogens with zero attached hydrogens (tertiary/aromatic N) is 4. The summed E-state index contributed by atoms with van der Waals surface area (Å²) in [5, 5.41) is 5.90. The molecule has 0 radical (unpaired) electrons. The van der Waals surface area contributed by atoms with Gasteiger partial charge < -0.3 is 5.32 Å². The Morgan fingerprint density at radius 2 is 1.59 bits per heavy atom. The Morgan fingerprint density at radius 3 is 2.07 bits per heavy atom. The zero-order valence-corrected chi connectivity index (χ0v) is 18.9. The van der Waals surface area contributed by atoms with Gasteiger partial charge in [0.05, 0.1) is 6.61 Å². The molecular weight excluding hydrogens is 385 g/mol. The van der Waals surface area contributed by atoms with Gasteiger partial charge in [-0.15, -0.1) is 0 Å². The van der Waals surface area contributed by atoms with Gasteiger partial charge in [0.2, 0.25) is 16.5 Å². The molecule has 1 aliphatic heterocycles. The van der Waals surface area contributed by atoms with Crippen LogP contribution in [0.5, 0.6) is 0 Å². The Labute approximate surface area is 173 Å². The summed E-state index contributed by atoms with van der Waals surface area (Å²) in [5.41, 5.74) is -0.132. The summed E-state index contributed by atoms with van der Waals surface area (Å²) in [4.78, 5) is 18.4. The Kier molecular flexibility index (Phi) is 7.70. The van der Waals surface area contributed by atoms with E-state index in [1.165, 1.54) is 0 Å². The predicted octanol–water partition coefficient (Wildman–Crippen LogP) is 5.37. The fourth-order valence-electron chi connectivity index (χ4n) is 4.45. The van der Waals surface area contributed by atoms with Gasteiger partial charge in [0, 0.05) is 17.1 Å². The van der Waals surface area contributed by atoms with E-state index in [4.69, 9.17) is 28.0 Å². The minimum absolute atomic E-state index is 0.0658. The first kappa shape index (κ1) is 22.6. The highest BCUT2D eigenvalue weighted by molar-refractivity contribution is 6.31. The van der Waals surface area contributed by atoms with Crippen LogP contribution in [-0.4, -0.2) is 43.7 Å². The van der Waals surface area contributed by atoms with E-state index >= 15 is 0 Å². The molecule has 1 saturated heterocycles. The van der Waals surface area contributed by atoms with E-state index in [1.54, 1.807) is 0 Å². The maximum Gasteiger partial charge on any atom is 0.228 e. The average molecular weight is 418 g/mol. The average Bonchev–Trinajstić information content (AvgIpc) is 2.51. The molecule has 0 amide bonds. The van der Waals surface area contributed by atoms with Crippen LogP contribution in [0.4, 0.5) is 5.95 Å². The molecular formula is C19H33Cl2N5O. The lowest BCUT2D eigenvalue weighted by Gasteiger charge is -2.55. The fourth-order valence-corrected chi connectivity index (χ4v) is 4.81. The number of rotatable bonds is 8. The van der Waals surface area contributed by atoms with E-state index in [1.807, 2.05) is 0 Å². The zero-order chi connectivity index (χ0) is 20.2. The van der Waals surface area contributed by atoms with Crippen LogP contribution >= 0.6 is 23.2 Å². The quantitative estimate of drug-likeness (QED) is 0.612. The molecule has 8 heteroatoms. The van der Waals surface area contributed by atoms with Crippen molar-refractivity contribution in [3.8, 4) is 0 Å². The summed E-state index contributed by atoms with van der Waals surface area (Å²) in [6.45, 7) is 14.1. The van der Waals surface area contributed by atoms with Gasteiger partial charge >= 0.3 is 0 Å². The van der Waals surface area contributed by atoms with Crippen molar-refractivity contribution < 1.29 is 4.84 Å². The number of nitrogens with one attached hydrogen (secondary N) is 1. The number of piperidine rings is 1. The van der Waals surface area contributed by atoms with Crippen LogP contribution in [0.15, 0.2) is 0 Å². The van der Waals surface area contributed by atoms with Gasteiger partial charge in [-0.05, 0) is 82.5 Å². The van der Waals surface area contributed by atoms with Crippen LogP contribution in [-0.2, 0) is 4.84 Å². The first-order valence-electron chi connectivity index (χ1n) is 9.86. The molecule has 0 saturated carbocycles. The third kappa shape index (κ3) is 5.89. The summed E-state index contributed by atoms with van der Waals surface area (Å²) in [7, 11) is 0. The van der Waals surface area contributed by atoms with Gasteiger partial charge in [-0.1, -0.05) is 20.3 Å². The van der Waals surface area contributed by atoms with Crippen LogP contribution < -0.4 is 5.32 Å². The molecule has 0 aliphatic carbocycles. The van der Waals surface area contributed by atoms with Crippen molar-refractivity contribution in [3.05, 3.63) is 10.6 Å². The number of hydroxylamine groups is 2. The minimum Gasteiger partial charge on any atom is -0.351 e. The zero-order valence-electron chi connectivity index (χ0n) is 17.4. The highest BCUT2D eigenvalue weighted by Gasteiger charge is 2.48. The van der Waals surface area contributed by atoms with E-state index in [2.05, 4.69) is 66.9 Å². The molecule has 1 fully saturated rings. The Balaban J connectivity index is 2.22. The van der Waals surface area contributed by atoms with E-state index in [-0.39, 0.29) is 27.7 Å². The van der Waals surface area contributed by atoms with Crippen molar-refractivity contribution >= 4 is 29.2 Å². The first-order chi connectivity index (χ1) is 12.6. The standard InChI is InChI=1S/C19H33Cl2N5O/c1-7-9-14(22-17-24-15(20)23-16(21)25-17)13-11-18(3,4)26(27-10-8-2)19(5,6)12-13/h13-14H,7-12H2,1-6H3,(H,22,23,24,25). The maximum absolute atomic E-state index is 6.15. The number of hydrogen-bond acceptors (Lipinski definition) is 6.